The Balaban J connectivity index is 1.87. The molecule has 1 fully saturated rings. The minimum atomic E-state index is 0.850. The molecule has 1 atom stereocenters. The smallest absolute Gasteiger partial charge is 0.0391 e. The molecular weight excluding hydrogens is 146 g/mol. The Kier molecular flexibility index (Phi) is 2.80. The molecule has 12 heavy (non-hydrogen) atoms. The lowest BCUT2D eigenvalue weighted by Crippen LogP contribution is -2.13. The quantitative estimate of drug-likeness (QED) is 0.529. The highest BCUT2D eigenvalue weighted by atomic mass is 14.7. The summed E-state index contributed by atoms with van der Waals surface area (Å²) in [6.07, 6.45) is 12.4. The van der Waals surface area contributed by atoms with Gasteiger partial charge in [-0.25, -0.2) is 0 Å². The molecule has 0 amide bonds. The van der Waals surface area contributed by atoms with E-state index in [2.05, 4.69) is 11.2 Å². The van der Waals surface area contributed by atoms with Crippen molar-refractivity contribution in [2.75, 3.05) is 6.54 Å². The van der Waals surface area contributed by atoms with Crippen molar-refractivity contribution in [1.29, 1.82) is 0 Å². The van der Waals surface area contributed by atoms with Crippen LogP contribution >= 0.6 is 0 Å². The maximum absolute atomic E-state index is 4.35. The summed E-state index contributed by atoms with van der Waals surface area (Å²) < 4.78 is 0. The molecule has 1 saturated carbocycles. The van der Waals surface area contributed by atoms with E-state index in [1.165, 1.54) is 44.9 Å². The van der Waals surface area contributed by atoms with Crippen molar-refractivity contribution in [3.63, 3.8) is 0 Å². The number of rotatable bonds is 1. The van der Waals surface area contributed by atoms with Crippen LogP contribution in [0.25, 0.3) is 0 Å². The van der Waals surface area contributed by atoms with Crippen LogP contribution in [0.1, 0.15) is 44.9 Å². The molecule has 0 bridgehead atoms. The first-order valence-electron chi connectivity index (χ1n) is 5.47. The second-order valence-corrected chi connectivity index (χ2v) is 4.26. The fourth-order valence-electron chi connectivity index (χ4n) is 2.60. The van der Waals surface area contributed by atoms with E-state index in [4.69, 9.17) is 0 Å². The summed E-state index contributed by atoms with van der Waals surface area (Å²) >= 11 is 0. The molecule has 2 rings (SSSR count). The fourth-order valence-corrected chi connectivity index (χ4v) is 2.60. The Morgan fingerprint density at radius 3 is 2.25 bits per heavy atom. The molecule has 1 unspecified atom stereocenters. The summed E-state index contributed by atoms with van der Waals surface area (Å²) in [6, 6.07) is 0. The first kappa shape index (κ1) is 8.28. The van der Waals surface area contributed by atoms with E-state index >= 15 is 0 Å². The molecule has 1 heterocycles. The lowest BCUT2D eigenvalue weighted by atomic mass is 9.86. The minimum absolute atomic E-state index is 0.850. The Morgan fingerprint density at radius 2 is 1.67 bits per heavy atom. The van der Waals surface area contributed by atoms with Gasteiger partial charge < -0.3 is 0 Å². The minimum Gasteiger partial charge on any atom is -0.297 e. The standard InChI is InChI=1S/C11H19N/c1-2-4-6-10(5-3-1)11-7-8-12-9-11/h9-11H,1-8H2. The predicted molar refractivity (Wildman–Crippen MR) is 52.7 cm³/mol. The van der Waals surface area contributed by atoms with Crippen LogP contribution in [-0.4, -0.2) is 12.8 Å². The maximum Gasteiger partial charge on any atom is 0.0391 e. The Labute approximate surface area is 75.3 Å². The van der Waals surface area contributed by atoms with Gasteiger partial charge in [-0.2, -0.15) is 0 Å². The van der Waals surface area contributed by atoms with Crippen molar-refractivity contribution in [1.82, 2.24) is 0 Å². The van der Waals surface area contributed by atoms with Gasteiger partial charge in [0.15, 0.2) is 0 Å². The lowest BCUT2D eigenvalue weighted by molar-refractivity contribution is 0.372. The van der Waals surface area contributed by atoms with Gasteiger partial charge in [0.25, 0.3) is 0 Å². The van der Waals surface area contributed by atoms with Gasteiger partial charge in [0, 0.05) is 12.8 Å². The number of aliphatic imine (C=N–C) groups is 1. The molecule has 0 aromatic heterocycles. The molecule has 1 nitrogen and oxygen atoms in total. The van der Waals surface area contributed by atoms with Crippen LogP contribution in [0.3, 0.4) is 0 Å². The van der Waals surface area contributed by atoms with Crippen LogP contribution in [0.15, 0.2) is 4.99 Å². The second-order valence-electron chi connectivity index (χ2n) is 4.26. The third kappa shape index (κ3) is 1.88. The Morgan fingerprint density at radius 1 is 0.917 bits per heavy atom. The number of hydrogen-bond donors (Lipinski definition) is 0. The average molecular weight is 165 g/mol. The molecule has 0 radical (unpaired) electrons. The first-order chi connectivity index (χ1) is 5.97. The van der Waals surface area contributed by atoms with Crippen LogP contribution in [0, 0.1) is 11.8 Å². The average Bonchev–Trinajstić information content (AvgIpc) is 2.48. The van der Waals surface area contributed by atoms with Gasteiger partial charge in [0.1, 0.15) is 0 Å². The molecular formula is C11H19N. The Bertz CT molecular complexity index is 154. The van der Waals surface area contributed by atoms with E-state index in [1.807, 2.05) is 0 Å². The normalized spacial score (nSPS) is 32.2. The van der Waals surface area contributed by atoms with Crippen molar-refractivity contribution in [3.05, 3.63) is 0 Å². The van der Waals surface area contributed by atoms with E-state index < -0.39 is 0 Å². The van der Waals surface area contributed by atoms with Gasteiger partial charge >= 0.3 is 0 Å². The van der Waals surface area contributed by atoms with Gasteiger partial charge in [0.05, 0.1) is 0 Å². The maximum atomic E-state index is 4.35. The van der Waals surface area contributed by atoms with E-state index in [1.54, 1.807) is 0 Å². The molecule has 0 aromatic rings. The molecule has 68 valence electrons. The van der Waals surface area contributed by atoms with Gasteiger partial charge in [-0.1, -0.05) is 25.7 Å². The highest BCUT2D eigenvalue weighted by Gasteiger charge is 2.22. The zero-order chi connectivity index (χ0) is 8.23. The van der Waals surface area contributed by atoms with Crippen LogP contribution in [0.5, 0.6) is 0 Å². The summed E-state index contributed by atoms with van der Waals surface area (Å²) in [5, 5.41) is 0. The summed E-state index contributed by atoms with van der Waals surface area (Å²) in [5.74, 6) is 1.84. The van der Waals surface area contributed by atoms with Crippen molar-refractivity contribution >= 4 is 6.21 Å². The lowest BCUT2D eigenvalue weighted by Gasteiger charge is -2.18. The van der Waals surface area contributed by atoms with Crippen LogP contribution in [0.4, 0.5) is 0 Å². The molecule has 2 aliphatic rings. The first-order valence-corrected chi connectivity index (χ1v) is 5.47. The molecule has 0 spiro atoms. The SMILES string of the molecule is C1=NCCC1C1CCCCCC1. The second kappa shape index (κ2) is 4.06. The summed E-state index contributed by atoms with van der Waals surface area (Å²) in [7, 11) is 0. The summed E-state index contributed by atoms with van der Waals surface area (Å²) in [4.78, 5) is 4.35. The van der Waals surface area contributed by atoms with Crippen molar-refractivity contribution < 1.29 is 0 Å². The van der Waals surface area contributed by atoms with Crippen molar-refractivity contribution in [3.8, 4) is 0 Å². The van der Waals surface area contributed by atoms with Gasteiger partial charge in [-0.15, -0.1) is 0 Å². The van der Waals surface area contributed by atoms with Crippen molar-refractivity contribution in [2.24, 2.45) is 16.8 Å². The molecule has 1 aliphatic heterocycles. The molecule has 0 N–H and O–H groups in total. The van der Waals surface area contributed by atoms with Gasteiger partial charge in [-0.3, -0.25) is 4.99 Å². The zero-order valence-electron chi connectivity index (χ0n) is 7.84. The predicted octanol–water partition coefficient (Wildman–Crippen LogP) is 3.05. The monoisotopic (exact) mass is 165 g/mol. The zero-order valence-corrected chi connectivity index (χ0v) is 7.84. The molecule has 0 aromatic carbocycles. The summed E-state index contributed by atoms with van der Waals surface area (Å²) in [5.41, 5.74) is 0. The molecule has 0 saturated heterocycles. The molecule has 1 heteroatoms. The Hall–Kier alpha value is -0.330. The van der Waals surface area contributed by atoms with Crippen LogP contribution < -0.4 is 0 Å². The third-order valence-electron chi connectivity index (χ3n) is 3.39. The molecule has 1 aliphatic carbocycles. The largest absolute Gasteiger partial charge is 0.297 e. The van der Waals surface area contributed by atoms with Crippen LogP contribution in [0.2, 0.25) is 0 Å². The van der Waals surface area contributed by atoms with Crippen LogP contribution in [-0.2, 0) is 0 Å². The topological polar surface area (TPSA) is 12.4 Å². The highest BCUT2D eigenvalue weighted by molar-refractivity contribution is 5.63. The number of hydrogen-bond acceptors (Lipinski definition) is 1. The van der Waals surface area contributed by atoms with E-state index in [-0.39, 0.29) is 0 Å². The van der Waals surface area contributed by atoms with Crippen molar-refractivity contribution in [2.45, 2.75) is 44.9 Å². The van der Waals surface area contributed by atoms with E-state index in [9.17, 15) is 0 Å². The van der Waals surface area contributed by atoms with Gasteiger partial charge in [0.2, 0.25) is 0 Å². The fraction of sp³-hybridized carbons (Fsp3) is 0.909. The highest BCUT2D eigenvalue weighted by Crippen LogP contribution is 2.31. The third-order valence-corrected chi connectivity index (χ3v) is 3.39. The summed E-state index contributed by atoms with van der Waals surface area (Å²) in [6.45, 7) is 1.10. The van der Waals surface area contributed by atoms with E-state index in [0.29, 0.717) is 0 Å². The van der Waals surface area contributed by atoms with E-state index in [0.717, 1.165) is 18.4 Å². The number of nitrogens with zero attached hydrogens (tertiary/aromatic N) is 1. The van der Waals surface area contributed by atoms with Gasteiger partial charge in [-0.05, 0) is 31.1 Å².